The van der Waals surface area contributed by atoms with Crippen LogP contribution in [0.4, 0.5) is 0 Å². The van der Waals surface area contributed by atoms with Crippen LogP contribution in [0.2, 0.25) is 0 Å². The normalized spacial score (nSPS) is 18.4. The molecule has 0 saturated heterocycles. The van der Waals surface area contributed by atoms with E-state index in [1.54, 1.807) is 25.1 Å². The van der Waals surface area contributed by atoms with Crippen molar-refractivity contribution in [2.45, 2.75) is 112 Å². The van der Waals surface area contributed by atoms with E-state index in [0.717, 1.165) is 16.7 Å². The van der Waals surface area contributed by atoms with Gasteiger partial charge in [-0.1, -0.05) is 119 Å². The molecular weight excluding hydrogens is 648 g/mol. The molecule has 5 nitrogen and oxygen atoms in total. The number of fused-ring (bicyclic) bond motifs is 1. The molecule has 0 spiro atoms. The van der Waals surface area contributed by atoms with Gasteiger partial charge in [0.2, 0.25) is 0 Å². The second-order valence-corrected chi connectivity index (χ2v) is 15.9. The van der Waals surface area contributed by atoms with Gasteiger partial charge in [-0.2, -0.15) is 0 Å². The molecule has 2 radical (unpaired) electrons. The van der Waals surface area contributed by atoms with Crippen LogP contribution in [0.25, 0.3) is 11.6 Å². The SMILES string of the molecule is C/C(=C\c1ccc(C(=O)O)cc1)c1ccc2c(c1)C(C)(C)CCC2(C)C.CC1=C(/C=C/C(C)=C\C=C\C(C)=C\C(=O)O)C(C)(C)CCC1.[3H][3H].[B]N=P. The third kappa shape index (κ3) is 13.2. The Hall–Kier alpha value is -4.02. The first-order valence-electron chi connectivity index (χ1n) is 18.6. The largest absolute Gasteiger partial charge is 0.478 e. The number of rotatable bonds is 8. The Bertz CT molecular complexity index is 1760. The monoisotopic (exact) mass is 711 g/mol. The van der Waals surface area contributed by atoms with Crippen LogP contribution in [0, 0.1) is 5.41 Å². The van der Waals surface area contributed by atoms with Gasteiger partial charge >= 0.3 is 11.9 Å². The lowest BCUT2D eigenvalue weighted by molar-refractivity contribution is -0.131. The number of carbonyl (C=O) groups is 2. The summed E-state index contributed by atoms with van der Waals surface area (Å²) in [5, 5.41) is 17.7. The Morgan fingerprint density at radius 1 is 0.843 bits per heavy atom. The Morgan fingerprint density at radius 3 is 1.96 bits per heavy atom. The molecule has 4 rings (SSSR count). The van der Waals surface area contributed by atoms with Crippen LogP contribution in [0.15, 0.2) is 106 Å². The number of carboxylic acid groups (broad SMARTS) is 2. The van der Waals surface area contributed by atoms with Crippen LogP contribution in [0.5, 0.6) is 0 Å². The van der Waals surface area contributed by atoms with E-state index in [1.807, 2.05) is 24.3 Å². The zero-order valence-corrected chi connectivity index (χ0v) is 33.4. The molecular formula is C44H59BNO4P. The average molecular weight is 712 g/mol. The first-order valence-corrected chi connectivity index (χ1v) is 18.1. The molecule has 0 bridgehead atoms. The minimum Gasteiger partial charge on any atom is -0.478 e. The lowest BCUT2D eigenvalue weighted by atomic mass is 9.63. The number of benzene rings is 2. The Balaban J connectivity index is 0.000000479. The number of aromatic carboxylic acids is 1. The maximum absolute atomic E-state index is 11.0. The molecule has 0 aliphatic heterocycles. The molecule has 0 aromatic heterocycles. The van der Waals surface area contributed by atoms with Crippen LogP contribution < -0.4 is 0 Å². The highest BCUT2D eigenvalue weighted by Gasteiger charge is 2.37. The molecule has 2 aromatic rings. The van der Waals surface area contributed by atoms with Gasteiger partial charge in [0.25, 0.3) is 7.98 Å². The number of allylic oxidation sites excluding steroid dienone is 10. The second kappa shape index (κ2) is 19.0. The summed E-state index contributed by atoms with van der Waals surface area (Å²) in [6.45, 7) is 22.2. The number of aliphatic carboxylic acids is 1. The molecule has 2 N–H and O–H groups in total. The van der Waals surface area contributed by atoms with Crippen molar-refractivity contribution < 1.29 is 22.8 Å². The average Bonchev–Trinajstić information content (AvgIpc) is 3.07. The number of hydrogen-bond donors (Lipinski definition) is 2. The fraction of sp³-hybridized carbons (Fsp3) is 0.409. The summed E-state index contributed by atoms with van der Waals surface area (Å²) in [7, 11) is 6.97. The summed E-state index contributed by atoms with van der Waals surface area (Å²) >= 11 is 0. The Kier molecular flexibility index (Phi) is 15.4. The predicted octanol–water partition coefficient (Wildman–Crippen LogP) is 12.5. The summed E-state index contributed by atoms with van der Waals surface area (Å²) in [5.74, 6) is -1.80. The zero-order chi connectivity index (χ0) is 40.6. The van der Waals surface area contributed by atoms with Gasteiger partial charge in [-0.3, -0.25) is 0 Å². The second-order valence-electron chi connectivity index (χ2n) is 15.7. The Labute approximate surface area is 313 Å². The summed E-state index contributed by atoms with van der Waals surface area (Å²) < 4.78 is 12.8. The molecule has 7 heteroatoms. The number of hydrogen-bond acceptors (Lipinski definition) is 3. The van der Waals surface area contributed by atoms with E-state index in [2.05, 4.69) is 120 Å². The van der Waals surface area contributed by atoms with Crippen molar-refractivity contribution in [1.29, 1.82) is 0 Å². The van der Waals surface area contributed by atoms with Gasteiger partial charge in [0.15, 0.2) is 0 Å². The third-order valence-corrected chi connectivity index (χ3v) is 9.97. The van der Waals surface area contributed by atoms with Gasteiger partial charge in [-0.25, -0.2) is 9.59 Å². The topological polar surface area (TPSA) is 87.0 Å². The lowest BCUT2D eigenvalue weighted by Gasteiger charge is -2.42. The quantitative estimate of drug-likeness (QED) is 0.0938. The predicted molar refractivity (Wildman–Crippen MR) is 221 cm³/mol. The van der Waals surface area contributed by atoms with Crippen LogP contribution >= 0.6 is 9.03 Å². The van der Waals surface area contributed by atoms with E-state index in [9.17, 15) is 9.59 Å². The minimum absolute atomic E-state index is 0.199. The molecule has 0 saturated carbocycles. The van der Waals surface area contributed by atoms with Gasteiger partial charge < -0.3 is 14.9 Å². The zero-order valence-electron chi connectivity index (χ0n) is 34.4. The van der Waals surface area contributed by atoms with Gasteiger partial charge in [-0.15, -0.1) is 0 Å². The molecule has 2 aliphatic carbocycles. The summed E-state index contributed by atoms with van der Waals surface area (Å²) in [6, 6.07) is 13.9. The van der Waals surface area contributed by atoms with E-state index in [4.69, 9.17) is 13.2 Å². The maximum atomic E-state index is 11.0. The van der Waals surface area contributed by atoms with E-state index < -0.39 is 11.9 Å². The van der Waals surface area contributed by atoms with Crippen molar-refractivity contribution in [2.24, 2.45) is 10.1 Å². The molecule has 2 aliphatic rings. The number of carboxylic acids is 2. The van der Waals surface area contributed by atoms with Crippen LogP contribution in [0.3, 0.4) is 0 Å². The standard InChI is InChI=1S/C24H28O2.C20H28O2.BHNP.H2/c1-16(14-17-6-8-18(9-7-17)22(25)26)19-10-11-20-21(15-19)24(4,5)13-12-23(20,2)3;1-15(8-6-9-16(2)14-19(21)22)11-12-18-17(3)10-7-13-20(18,4)5;1-2-3;/h6-11,14-15H,12-13H2,1-5H3,(H,25,26);6,8-9,11-12,14H,7,10,13H2,1-5H3,(H,21,22);3H;1H/b16-14+;9-6+,12-11+,15-8-,16-14+;;/i;;;1+2T. The van der Waals surface area contributed by atoms with E-state index in [1.165, 1.54) is 71.6 Å². The molecule has 0 unspecified atom stereocenters. The van der Waals surface area contributed by atoms with Crippen LogP contribution in [0.1, 0.15) is 137 Å². The first-order chi connectivity index (χ1) is 24.7. The van der Waals surface area contributed by atoms with Gasteiger partial charge in [0.05, 0.1) is 5.56 Å². The van der Waals surface area contributed by atoms with Crippen molar-refractivity contribution in [3.8, 4) is 0 Å². The van der Waals surface area contributed by atoms with Crippen molar-refractivity contribution in [1.82, 2.24) is 0 Å². The molecule has 2 aromatic carbocycles. The van der Waals surface area contributed by atoms with Crippen molar-refractivity contribution in [2.75, 3.05) is 0 Å². The molecule has 0 amide bonds. The molecule has 0 atom stereocenters. The van der Waals surface area contributed by atoms with E-state index in [-0.39, 0.29) is 16.2 Å². The van der Waals surface area contributed by atoms with E-state index >= 15 is 0 Å². The minimum atomic E-state index is -0.912. The number of nitrogens with zero attached hydrogens (tertiary/aromatic N) is 1. The fourth-order valence-electron chi connectivity index (χ4n) is 6.76. The fourth-order valence-corrected chi connectivity index (χ4v) is 6.76. The van der Waals surface area contributed by atoms with Crippen LogP contribution in [-0.2, 0) is 15.6 Å². The van der Waals surface area contributed by atoms with Crippen molar-refractivity contribution in [3.05, 3.63) is 129 Å². The van der Waals surface area contributed by atoms with Crippen LogP contribution in [-0.4, -0.2) is 30.1 Å². The highest BCUT2D eigenvalue weighted by atomic mass is 31.0. The summed E-state index contributed by atoms with van der Waals surface area (Å²) in [6.07, 6.45) is 19.6. The Morgan fingerprint density at radius 2 is 1.41 bits per heavy atom. The highest BCUT2D eigenvalue weighted by Crippen LogP contribution is 2.46. The highest BCUT2D eigenvalue weighted by molar-refractivity contribution is 7.05. The first kappa shape index (κ1) is 41.4. The molecule has 51 heavy (non-hydrogen) atoms. The third-order valence-electron chi connectivity index (χ3n) is 9.97. The molecule has 0 heterocycles. The maximum Gasteiger partial charge on any atom is 0.335 e. The lowest BCUT2D eigenvalue weighted by Crippen LogP contribution is -2.33. The molecule has 272 valence electrons. The van der Waals surface area contributed by atoms with Gasteiger partial charge in [0.1, 0.15) is 0 Å². The van der Waals surface area contributed by atoms with E-state index in [0.29, 0.717) is 5.56 Å². The van der Waals surface area contributed by atoms with Crippen molar-refractivity contribution >= 4 is 40.6 Å². The smallest absolute Gasteiger partial charge is 0.335 e. The summed E-state index contributed by atoms with van der Waals surface area (Å²) in [4.78, 5) is 21.5. The van der Waals surface area contributed by atoms with Gasteiger partial charge in [-0.05, 0) is 136 Å². The molecule has 0 fully saturated rings. The van der Waals surface area contributed by atoms with Gasteiger partial charge in [0, 0.05) is 9.05 Å². The van der Waals surface area contributed by atoms with Crippen molar-refractivity contribution in [3.63, 3.8) is 0 Å². The summed E-state index contributed by atoms with van der Waals surface area (Å²) in [5.41, 5.74) is 12.2.